The lowest BCUT2D eigenvalue weighted by Crippen LogP contribution is -2.63. The first-order chi connectivity index (χ1) is 8.94. The smallest absolute Gasteiger partial charge is 0.188 e. The molecule has 0 saturated carbocycles. The van der Waals surface area contributed by atoms with E-state index in [1.807, 2.05) is 7.05 Å². The van der Waals surface area contributed by atoms with E-state index in [-0.39, 0.29) is 5.54 Å². The molecule has 0 aliphatic carbocycles. The zero-order chi connectivity index (χ0) is 14.0. The molecule has 0 radical (unpaired) electrons. The van der Waals surface area contributed by atoms with Crippen LogP contribution in [-0.2, 0) is 13.6 Å². The summed E-state index contributed by atoms with van der Waals surface area (Å²) in [6.07, 6.45) is 1.12. The minimum atomic E-state index is 0.171. The van der Waals surface area contributed by atoms with Gasteiger partial charge in [0.15, 0.2) is 5.82 Å². The third kappa shape index (κ3) is 3.12. The Balaban J connectivity index is 2.11. The zero-order valence-corrected chi connectivity index (χ0v) is 12.7. The average molecular weight is 266 g/mol. The van der Waals surface area contributed by atoms with Crippen molar-refractivity contribution in [2.45, 2.75) is 52.2 Å². The first-order valence-corrected chi connectivity index (χ1v) is 7.16. The average Bonchev–Trinajstić information content (AvgIpc) is 2.77. The predicted molar refractivity (Wildman–Crippen MR) is 74.5 cm³/mol. The molecule has 19 heavy (non-hydrogen) atoms. The summed E-state index contributed by atoms with van der Waals surface area (Å²) in [7, 11) is 1.81. The first-order valence-electron chi connectivity index (χ1n) is 7.16. The van der Waals surface area contributed by atoms with Crippen LogP contribution in [0.25, 0.3) is 0 Å². The lowest BCUT2D eigenvalue weighted by molar-refractivity contribution is 0.0295. The Labute approximate surface area is 115 Å². The van der Waals surface area contributed by atoms with Gasteiger partial charge in [0, 0.05) is 24.7 Å². The van der Waals surface area contributed by atoms with Gasteiger partial charge in [0.25, 0.3) is 0 Å². The molecule has 0 spiro atoms. The van der Waals surface area contributed by atoms with Crippen molar-refractivity contribution < 1.29 is 0 Å². The molecule has 1 aliphatic heterocycles. The third-order valence-corrected chi connectivity index (χ3v) is 4.37. The molecule has 1 aromatic heterocycles. The van der Waals surface area contributed by atoms with Gasteiger partial charge in [-0.15, -0.1) is 10.2 Å². The van der Waals surface area contributed by atoms with E-state index in [0.717, 1.165) is 31.9 Å². The maximum Gasteiger partial charge on any atom is 0.188 e. The maximum absolute atomic E-state index is 4.31. The van der Waals surface area contributed by atoms with E-state index in [0.29, 0.717) is 12.0 Å². The van der Waals surface area contributed by atoms with Gasteiger partial charge in [-0.3, -0.25) is 4.90 Å². The van der Waals surface area contributed by atoms with Crippen LogP contribution in [0.2, 0.25) is 0 Å². The van der Waals surface area contributed by atoms with Crippen molar-refractivity contribution in [3.63, 3.8) is 0 Å². The number of aryl methyl sites for hydroxylation is 1. The number of hydrogen-bond donors (Lipinski definition) is 1. The summed E-state index contributed by atoms with van der Waals surface area (Å²) in [5.74, 6) is 1.45. The van der Waals surface area contributed by atoms with E-state index in [2.05, 4.69) is 53.3 Å². The van der Waals surface area contributed by atoms with Gasteiger partial charge in [0.05, 0.1) is 13.6 Å². The molecule has 108 valence electrons. The monoisotopic (exact) mass is 266 g/mol. The van der Waals surface area contributed by atoms with Gasteiger partial charge in [0.1, 0.15) is 0 Å². The third-order valence-electron chi connectivity index (χ3n) is 4.37. The molecule has 0 bridgehead atoms. The molecule has 1 saturated heterocycles. The van der Waals surface area contributed by atoms with Crippen molar-refractivity contribution in [2.24, 2.45) is 13.0 Å². The molecule has 1 aliphatic rings. The summed E-state index contributed by atoms with van der Waals surface area (Å²) in [5, 5.41) is 16.0. The molecular weight excluding hydrogens is 240 g/mol. The standard InChI is InChI=1S/C13H26N6/c1-6-13(4)9-14-11(10(2)3)7-19(13)8-12-15-17-18(5)16-12/h10-11,14H,6-9H2,1-5H3. The normalized spacial score (nSPS) is 29.1. The predicted octanol–water partition coefficient (Wildman–Crippen LogP) is 0.809. The Kier molecular flexibility index (Phi) is 4.20. The van der Waals surface area contributed by atoms with Crippen LogP contribution in [0.3, 0.4) is 0 Å². The van der Waals surface area contributed by atoms with Crippen LogP contribution in [0.1, 0.15) is 39.9 Å². The Bertz CT molecular complexity index is 415. The Morgan fingerprint density at radius 1 is 1.47 bits per heavy atom. The van der Waals surface area contributed by atoms with Crippen LogP contribution in [0, 0.1) is 5.92 Å². The van der Waals surface area contributed by atoms with E-state index >= 15 is 0 Å². The van der Waals surface area contributed by atoms with Gasteiger partial charge in [-0.25, -0.2) is 0 Å². The highest BCUT2D eigenvalue weighted by molar-refractivity contribution is 4.97. The lowest BCUT2D eigenvalue weighted by Gasteiger charge is -2.48. The fourth-order valence-electron chi connectivity index (χ4n) is 2.59. The van der Waals surface area contributed by atoms with E-state index in [4.69, 9.17) is 0 Å². The number of rotatable bonds is 4. The van der Waals surface area contributed by atoms with Gasteiger partial charge in [-0.2, -0.15) is 4.80 Å². The second-order valence-corrected chi connectivity index (χ2v) is 6.16. The van der Waals surface area contributed by atoms with E-state index < -0.39 is 0 Å². The van der Waals surface area contributed by atoms with Crippen LogP contribution in [0.4, 0.5) is 0 Å². The molecule has 2 rings (SSSR count). The molecule has 6 heteroatoms. The quantitative estimate of drug-likeness (QED) is 0.874. The summed E-state index contributed by atoms with van der Waals surface area (Å²) in [4.78, 5) is 4.03. The van der Waals surface area contributed by atoms with Crippen molar-refractivity contribution in [1.29, 1.82) is 0 Å². The van der Waals surface area contributed by atoms with Crippen LogP contribution < -0.4 is 5.32 Å². The molecule has 2 unspecified atom stereocenters. The largest absolute Gasteiger partial charge is 0.311 e. The minimum Gasteiger partial charge on any atom is -0.311 e. The molecule has 1 N–H and O–H groups in total. The second kappa shape index (κ2) is 5.54. The number of aromatic nitrogens is 4. The van der Waals surface area contributed by atoms with Gasteiger partial charge in [-0.05, 0) is 24.5 Å². The molecule has 0 aromatic carbocycles. The van der Waals surface area contributed by atoms with Crippen LogP contribution in [0.15, 0.2) is 0 Å². The van der Waals surface area contributed by atoms with E-state index in [1.54, 1.807) is 0 Å². The number of hydrogen-bond acceptors (Lipinski definition) is 5. The molecule has 2 atom stereocenters. The number of nitrogens with zero attached hydrogens (tertiary/aromatic N) is 5. The number of nitrogens with one attached hydrogen (secondary N) is 1. The van der Waals surface area contributed by atoms with Gasteiger partial charge in [0.2, 0.25) is 0 Å². The highest BCUT2D eigenvalue weighted by Gasteiger charge is 2.37. The van der Waals surface area contributed by atoms with Crippen molar-refractivity contribution in [3.8, 4) is 0 Å². The van der Waals surface area contributed by atoms with E-state index in [9.17, 15) is 0 Å². The molecule has 2 heterocycles. The summed E-state index contributed by atoms with van der Waals surface area (Å²) in [5.41, 5.74) is 0.171. The molecule has 6 nitrogen and oxygen atoms in total. The van der Waals surface area contributed by atoms with Crippen LogP contribution >= 0.6 is 0 Å². The second-order valence-electron chi connectivity index (χ2n) is 6.16. The highest BCUT2D eigenvalue weighted by atomic mass is 15.6. The fourth-order valence-corrected chi connectivity index (χ4v) is 2.59. The van der Waals surface area contributed by atoms with Crippen molar-refractivity contribution in [1.82, 2.24) is 30.4 Å². The summed E-state index contributed by atoms with van der Waals surface area (Å²) >= 11 is 0. The summed E-state index contributed by atoms with van der Waals surface area (Å²) in [6.45, 7) is 11.9. The molecule has 0 amide bonds. The number of tetrazole rings is 1. The fraction of sp³-hybridized carbons (Fsp3) is 0.923. The summed E-state index contributed by atoms with van der Waals surface area (Å²) < 4.78 is 0. The van der Waals surface area contributed by atoms with Gasteiger partial charge >= 0.3 is 0 Å². The lowest BCUT2D eigenvalue weighted by atomic mass is 9.89. The van der Waals surface area contributed by atoms with E-state index in [1.165, 1.54) is 4.80 Å². The van der Waals surface area contributed by atoms with Crippen LogP contribution in [0.5, 0.6) is 0 Å². The Morgan fingerprint density at radius 2 is 2.21 bits per heavy atom. The topological polar surface area (TPSA) is 58.9 Å². The Hall–Kier alpha value is -1.01. The van der Waals surface area contributed by atoms with Crippen LogP contribution in [-0.4, -0.2) is 49.8 Å². The Morgan fingerprint density at radius 3 is 2.74 bits per heavy atom. The zero-order valence-electron chi connectivity index (χ0n) is 12.7. The maximum atomic E-state index is 4.31. The minimum absolute atomic E-state index is 0.171. The van der Waals surface area contributed by atoms with Crippen molar-refractivity contribution in [2.75, 3.05) is 13.1 Å². The summed E-state index contributed by atoms with van der Waals surface area (Å²) in [6, 6.07) is 0.538. The molecule has 1 aromatic rings. The number of piperazine rings is 1. The highest BCUT2D eigenvalue weighted by Crippen LogP contribution is 2.26. The molecular formula is C13H26N6. The molecule has 1 fully saturated rings. The van der Waals surface area contributed by atoms with Crippen molar-refractivity contribution in [3.05, 3.63) is 5.82 Å². The SMILES string of the molecule is CCC1(C)CNC(C(C)C)CN1Cc1nnn(C)n1. The van der Waals surface area contributed by atoms with Gasteiger partial charge < -0.3 is 5.32 Å². The van der Waals surface area contributed by atoms with Gasteiger partial charge in [-0.1, -0.05) is 20.8 Å². The van der Waals surface area contributed by atoms with Crippen molar-refractivity contribution >= 4 is 0 Å². The first kappa shape index (κ1) is 14.4.